The van der Waals surface area contributed by atoms with Crippen molar-refractivity contribution in [3.05, 3.63) is 53.7 Å². The number of aromatic carboxylic acids is 1. The number of oxazole rings is 1. The number of benzene rings is 1. The molecule has 2 aromatic rings. The number of hydrogen-bond acceptors (Lipinski definition) is 4. The summed E-state index contributed by atoms with van der Waals surface area (Å²) in [6.45, 7) is 5.86. The second-order valence-electron chi connectivity index (χ2n) is 6.44. The second kappa shape index (κ2) is 5.57. The van der Waals surface area contributed by atoms with Gasteiger partial charge >= 0.3 is 5.97 Å². The van der Waals surface area contributed by atoms with Crippen molar-refractivity contribution >= 4 is 5.97 Å². The third kappa shape index (κ3) is 2.90. The lowest BCUT2D eigenvalue weighted by Gasteiger charge is -2.30. The van der Waals surface area contributed by atoms with Crippen molar-refractivity contribution in [2.45, 2.75) is 38.3 Å². The van der Waals surface area contributed by atoms with Gasteiger partial charge in [-0.3, -0.25) is 4.90 Å². The molecule has 1 fully saturated rings. The van der Waals surface area contributed by atoms with Crippen LogP contribution in [0.25, 0.3) is 0 Å². The summed E-state index contributed by atoms with van der Waals surface area (Å²) < 4.78 is 5.29. The first-order chi connectivity index (χ1) is 10.5. The number of hydrogen-bond donors (Lipinski definition) is 1. The maximum absolute atomic E-state index is 10.9. The van der Waals surface area contributed by atoms with E-state index in [0.717, 1.165) is 13.0 Å². The molecule has 0 amide bonds. The van der Waals surface area contributed by atoms with Gasteiger partial charge in [0.2, 0.25) is 5.89 Å². The van der Waals surface area contributed by atoms with Crippen molar-refractivity contribution in [1.29, 1.82) is 0 Å². The van der Waals surface area contributed by atoms with E-state index in [1.165, 1.54) is 11.8 Å². The maximum Gasteiger partial charge on any atom is 0.357 e. The fourth-order valence-corrected chi connectivity index (χ4v) is 3.18. The Labute approximate surface area is 129 Å². The number of aromatic nitrogens is 1. The number of carbonyl (C=O) groups is 1. The summed E-state index contributed by atoms with van der Waals surface area (Å²) in [6.07, 6.45) is 2.26. The van der Waals surface area contributed by atoms with Crippen LogP contribution < -0.4 is 0 Å². The van der Waals surface area contributed by atoms with E-state index in [4.69, 9.17) is 9.52 Å². The average molecular weight is 300 g/mol. The molecule has 1 unspecified atom stereocenters. The van der Waals surface area contributed by atoms with Crippen LogP contribution in [-0.4, -0.2) is 33.0 Å². The topological polar surface area (TPSA) is 66.6 Å². The Bertz CT molecular complexity index is 664. The lowest BCUT2D eigenvalue weighted by atomic mass is 9.91. The zero-order chi connectivity index (χ0) is 15.7. The molecule has 116 valence electrons. The summed E-state index contributed by atoms with van der Waals surface area (Å²) in [6, 6.07) is 10.5. The van der Waals surface area contributed by atoms with Crippen molar-refractivity contribution in [3.63, 3.8) is 0 Å². The summed E-state index contributed by atoms with van der Waals surface area (Å²) in [5.74, 6) is -0.123. The van der Waals surface area contributed by atoms with E-state index in [1.54, 1.807) is 0 Å². The zero-order valence-electron chi connectivity index (χ0n) is 12.8. The molecule has 0 bridgehead atoms. The maximum atomic E-state index is 10.9. The van der Waals surface area contributed by atoms with E-state index < -0.39 is 5.97 Å². The highest BCUT2D eigenvalue weighted by atomic mass is 16.4. The van der Waals surface area contributed by atoms with Crippen LogP contribution >= 0.6 is 0 Å². The van der Waals surface area contributed by atoms with Gasteiger partial charge in [-0.05, 0) is 31.7 Å². The Morgan fingerprint density at radius 3 is 2.77 bits per heavy atom. The predicted molar refractivity (Wildman–Crippen MR) is 81.8 cm³/mol. The predicted octanol–water partition coefficient (Wildman–Crippen LogP) is 3.14. The highest BCUT2D eigenvalue weighted by Gasteiger charge is 2.39. The molecular formula is C17H20N2O3. The third-order valence-electron chi connectivity index (χ3n) is 4.41. The quantitative estimate of drug-likeness (QED) is 0.939. The van der Waals surface area contributed by atoms with Crippen LogP contribution in [0.4, 0.5) is 0 Å². The van der Waals surface area contributed by atoms with Gasteiger partial charge < -0.3 is 9.52 Å². The summed E-state index contributed by atoms with van der Waals surface area (Å²) in [5, 5.41) is 8.92. The minimum Gasteiger partial charge on any atom is -0.476 e. The van der Waals surface area contributed by atoms with E-state index >= 15 is 0 Å². The van der Waals surface area contributed by atoms with E-state index in [1.807, 2.05) is 6.07 Å². The molecule has 1 aliphatic heterocycles. The van der Waals surface area contributed by atoms with Crippen molar-refractivity contribution in [2.24, 2.45) is 0 Å². The molecule has 0 saturated carbocycles. The van der Waals surface area contributed by atoms with Gasteiger partial charge in [0.25, 0.3) is 0 Å². The van der Waals surface area contributed by atoms with Gasteiger partial charge in [-0.2, -0.15) is 0 Å². The zero-order valence-corrected chi connectivity index (χ0v) is 12.8. The normalized spacial score (nSPS) is 21.1. The summed E-state index contributed by atoms with van der Waals surface area (Å²) >= 11 is 0. The molecule has 3 rings (SSSR count). The van der Waals surface area contributed by atoms with Gasteiger partial charge in [0.05, 0.1) is 6.54 Å². The van der Waals surface area contributed by atoms with Gasteiger partial charge in [0.15, 0.2) is 5.69 Å². The highest BCUT2D eigenvalue weighted by molar-refractivity contribution is 5.84. The Hall–Kier alpha value is -2.14. The van der Waals surface area contributed by atoms with Gasteiger partial charge in [-0.15, -0.1) is 0 Å². The first-order valence-corrected chi connectivity index (χ1v) is 7.43. The number of nitrogens with zero attached hydrogens (tertiary/aromatic N) is 2. The lowest BCUT2D eigenvalue weighted by molar-refractivity contribution is 0.0690. The molecule has 1 aromatic carbocycles. The average Bonchev–Trinajstić information content (AvgIpc) is 3.06. The number of carboxylic acid groups (broad SMARTS) is 1. The molecule has 1 aromatic heterocycles. The number of likely N-dealkylation sites (tertiary alicyclic amines) is 1. The second-order valence-corrected chi connectivity index (χ2v) is 6.44. The first kappa shape index (κ1) is 14.8. The summed E-state index contributed by atoms with van der Waals surface area (Å²) in [4.78, 5) is 17.2. The minimum absolute atomic E-state index is 0.0262. The lowest BCUT2D eigenvalue weighted by Crippen LogP contribution is -2.37. The van der Waals surface area contributed by atoms with E-state index in [-0.39, 0.29) is 11.2 Å². The van der Waals surface area contributed by atoms with Crippen LogP contribution in [0, 0.1) is 0 Å². The van der Waals surface area contributed by atoms with Crippen LogP contribution in [0.2, 0.25) is 0 Å². The van der Waals surface area contributed by atoms with Crippen LogP contribution in [0.1, 0.15) is 48.1 Å². The van der Waals surface area contributed by atoms with Crippen LogP contribution in [0.15, 0.2) is 41.0 Å². The van der Waals surface area contributed by atoms with Crippen molar-refractivity contribution in [1.82, 2.24) is 9.88 Å². The first-order valence-electron chi connectivity index (χ1n) is 7.43. The molecule has 1 atom stereocenters. The van der Waals surface area contributed by atoms with Gasteiger partial charge in [0, 0.05) is 12.1 Å². The third-order valence-corrected chi connectivity index (χ3v) is 4.41. The highest BCUT2D eigenvalue weighted by Crippen LogP contribution is 2.39. The molecule has 5 heteroatoms. The van der Waals surface area contributed by atoms with Crippen LogP contribution in [0.3, 0.4) is 0 Å². The van der Waals surface area contributed by atoms with Gasteiger partial charge in [-0.25, -0.2) is 9.78 Å². The molecule has 0 radical (unpaired) electrons. The van der Waals surface area contributed by atoms with Crippen molar-refractivity contribution in [2.75, 3.05) is 6.54 Å². The minimum atomic E-state index is -1.06. The number of carboxylic acids is 1. The Balaban J connectivity index is 1.74. The number of rotatable bonds is 4. The molecular weight excluding hydrogens is 280 g/mol. The molecule has 0 aliphatic carbocycles. The Morgan fingerprint density at radius 1 is 1.41 bits per heavy atom. The molecule has 5 nitrogen and oxygen atoms in total. The van der Waals surface area contributed by atoms with E-state index in [0.29, 0.717) is 18.4 Å². The molecule has 2 heterocycles. The fraction of sp³-hybridized carbons (Fsp3) is 0.412. The van der Waals surface area contributed by atoms with E-state index in [2.05, 4.69) is 48.0 Å². The molecule has 1 N–H and O–H groups in total. The van der Waals surface area contributed by atoms with Crippen molar-refractivity contribution < 1.29 is 14.3 Å². The van der Waals surface area contributed by atoms with Crippen molar-refractivity contribution in [3.8, 4) is 0 Å². The molecule has 22 heavy (non-hydrogen) atoms. The summed E-state index contributed by atoms with van der Waals surface area (Å²) in [7, 11) is 0. The Morgan fingerprint density at radius 2 is 2.14 bits per heavy atom. The molecule has 1 aliphatic rings. The molecule has 1 saturated heterocycles. The van der Waals surface area contributed by atoms with Crippen LogP contribution in [-0.2, 0) is 6.54 Å². The SMILES string of the molecule is CC1(C)CC(c2ccccc2)CN1Cc1nc(C(=O)O)co1. The van der Waals surface area contributed by atoms with Gasteiger partial charge in [-0.1, -0.05) is 30.3 Å². The largest absolute Gasteiger partial charge is 0.476 e. The monoisotopic (exact) mass is 300 g/mol. The van der Waals surface area contributed by atoms with Gasteiger partial charge in [0.1, 0.15) is 6.26 Å². The fourth-order valence-electron chi connectivity index (χ4n) is 3.18. The smallest absolute Gasteiger partial charge is 0.357 e. The Kier molecular flexibility index (Phi) is 3.74. The summed E-state index contributed by atoms with van der Waals surface area (Å²) in [5.41, 5.74) is 1.33. The van der Waals surface area contributed by atoms with E-state index in [9.17, 15) is 4.79 Å². The standard InChI is InChI=1S/C17H20N2O3/c1-17(2)8-13(12-6-4-3-5-7-12)9-19(17)10-15-18-14(11-22-15)16(20)21/h3-7,11,13H,8-10H2,1-2H3,(H,20,21). The van der Waals surface area contributed by atoms with Crippen LogP contribution in [0.5, 0.6) is 0 Å². The molecule has 0 spiro atoms.